The maximum atomic E-state index is 4.20. The minimum Gasteiger partial charge on any atom is -0.183 e. The van der Waals surface area contributed by atoms with Crippen LogP contribution in [0.2, 0.25) is 0 Å². The molecule has 0 fully saturated rings. The number of halogens is 1. The van der Waals surface area contributed by atoms with Gasteiger partial charge in [-0.3, -0.25) is 0 Å². The van der Waals surface area contributed by atoms with Crippen LogP contribution in [0, 0.1) is 0 Å². The van der Waals surface area contributed by atoms with Crippen LogP contribution in [0.4, 0.5) is 0 Å². The van der Waals surface area contributed by atoms with Crippen molar-refractivity contribution in [2.75, 3.05) is 17.3 Å². The Morgan fingerprint density at radius 2 is 0.842 bits per heavy atom. The quantitative estimate of drug-likeness (QED) is 0.284. The summed E-state index contributed by atoms with van der Waals surface area (Å²) in [7, 11) is -0.460. The molecule has 0 aromatic heterocycles. The molecule has 0 atom stereocenters. The van der Waals surface area contributed by atoms with Gasteiger partial charge in [0.2, 0.25) is 0 Å². The summed E-state index contributed by atoms with van der Waals surface area (Å²) in [5.74, 6) is 4.42. The summed E-state index contributed by atoms with van der Waals surface area (Å²) in [6, 6.07) is 0. The van der Waals surface area contributed by atoms with Gasteiger partial charge in [-0.15, -0.1) is 0 Å². The van der Waals surface area contributed by atoms with Gasteiger partial charge in [0.05, 0.1) is 0 Å². The molecule has 0 rings (SSSR count). The molecule has 0 aliphatic heterocycles. The van der Waals surface area contributed by atoms with E-state index in [1.54, 1.807) is 0 Å². The molecule has 0 saturated carbocycles. The van der Waals surface area contributed by atoms with Crippen LogP contribution in [0.1, 0.15) is 91.4 Å². The molecule has 19 heavy (non-hydrogen) atoms. The van der Waals surface area contributed by atoms with E-state index in [-0.39, 0.29) is 0 Å². The van der Waals surface area contributed by atoms with Gasteiger partial charge in [0, 0.05) is 0 Å². The highest BCUT2D eigenvalue weighted by atomic mass is 79.9. The topological polar surface area (TPSA) is 0 Å². The van der Waals surface area contributed by atoms with E-state index >= 15 is 0 Å². The van der Waals surface area contributed by atoms with E-state index in [1.165, 1.54) is 87.9 Å². The van der Waals surface area contributed by atoms with E-state index in [1.807, 2.05) is 0 Å². The van der Waals surface area contributed by atoms with Gasteiger partial charge in [0.1, 0.15) is 0 Å². The molecule has 118 valence electrons. The second-order valence-electron chi connectivity index (χ2n) is 5.88. The predicted molar refractivity (Wildman–Crippen MR) is 98.9 cm³/mol. The zero-order valence-corrected chi connectivity index (χ0v) is 16.1. The van der Waals surface area contributed by atoms with Crippen molar-refractivity contribution >= 4 is 23.3 Å². The first-order chi connectivity index (χ1) is 9.18. The molecule has 0 saturated heterocycles. The Balaban J connectivity index is 3.96. The van der Waals surface area contributed by atoms with Crippen LogP contribution in [0.15, 0.2) is 0 Å². The molecule has 0 aliphatic carbocycles. The van der Waals surface area contributed by atoms with E-state index in [0.717, 1.165) is 0 Å². The summed E-state index contributed by atoms with van der Waals surface area (Å²) in [6.45, 7) is 6.92. The Bertz CT molecular complexity index is 170. The summed E-state index contributed by atoms with van der Waals surface area (Å²) < 4.78 is 0. The van der Waals surface area contributed by atoms with Crippen molar-refractivity contribution < 1.29 is 0 Å². The monoisotopic (exact) mass is 352 g/mol. The molecular weight excluding hydrogens is 316 g/mol. The van der Waals surface area contributed by atoms with Crippen LogP contribution in [-0.4, -0.2) is 17.3 Å². The molecule has 0 radical (unpaired) electrons. The summed E-state index contributed by atoms with van der Waals surface area (Å²) in [5.41, 5.74) is 0. The molecule has 0 spiro atoms. The third kappa shape index (κ3) is 12.3. The van der Waals surface area contributed by atoms with Crippen molar-refractivity contribution in [1.82, 2.24) is 0 Å². The van der Waals surface area contributed by atoms with Gasteiger partial charge >= 0.3 is 0 Å². The van der Waals surface area contributed by atoms with Crippen LogP contribution in [0.25, 0.3) is 0 Å². The molecule has 0 aromatic carbocycles. The fourth-order valence-corrected chi connectivity index (χ4v) is 7.33. The SMILES string of the molecule is CCCCCCS(Br)(CCCCC)CCCCCC. The molecule has 0 bridgehead atoms. The van der Waals surface area contributed by atoms with Gasteiger partial charge in [-0.05, 0) is 51.3 Å². The fraction of sp³-hybridized carbons (Fsp3) is 1.00. The van der Waals surface area contributed by atoms with Crippen molar-refractivity contribution in [3.8, 4) is 0 Å². The molecule has 0 N–H and O–H groups in total. The average Bonchev–Trinajstić information content (AvgIpc) is 2.41. The molecule has 2 heteroatoms. The lowest BCUT2D eigenvalue weighted by Crippen LogP contribution is -2.08. The Morgan fingerprint density at radius 3 is 1.21 bits per heavy atom. The van der Waals surface area contributed by atoms with Gasteiger partial charge in [-0.1, -0.05) is 72.1 Å². The second-order valence-corrected chi connectivity index (χ2v) is 13.1. The fourth-order valence-electron chi connectivity index (χ4n) is 2.49. The van der Waals surface area contributed by atoms with Crippen molar-refractivity contribution in [2.24, 2.45) is 0 Å². The summed E-state index contributed by atoms with van der Waals surface area (Å²) in [4.78, 5) is 0. The van der Waals surface area contributed by atoms with E-state index in [0.29, 0.717) is 0 Å². The molecular formula is C17H37BrS. The number of unbranched alkanes of at least 4 members (excludes halogenated alkanes) is 8. The van der Waals surface area contributed by atoms with Crippen molar-refractivity contribution in [3.63, 3.8) is 0 Å². The first-order valence-electron chi connectivity index (χ1n) is 8.64. The normalized spacial score (nSPS) is 12.8. The largest absolute Gasteiger partial charge is 0.183 e. The molecule has 0 aliphatic rings. The second kappa shape index (κ2) is 13.8. The van der Waals surface area contributed by atoms with Gasteiger partial charge in [0.15, 0.2) is 0 Å². The third-order valence-corrected chi connectivity index (χ3v) is 9.82. The zero-order valence-electron chi connectivity index (χ0n) is 13.7. The molecule has 0 aromatic rings. The van der Waals surface area contributed by atoms with Crippen LogP contribution in [-0.2, 0) is 0 Å². The van der Waals surface area contributed by atoms with Crippen LogP contribution < -0.4 is 0 Å². The Kier molecular flexibility index (Phi) is 14.4. The van der Waals surface area contributed by atoms with Gasteiger partial charge in [-0.25, -0.2) is 0 Å². The minimum absolute atomic E-state index is 0.460. The van der Waals surface area contributed by atoms with E-state index in [4.69, 9.17) is 0 Å². The maximum absolute atomic E-state index is 4.20. The standard InChI is InChI=1S/C17H37BrS/c1-4-7-10-13-16-19(18,15-12-9-6-3)17-14-11-8-5-2/h4-17H2,1-3H3. The number of hydrogen-bond acceptors (Lipinski definition) is 0. The first kappa shape index (κ1) is 19.8. The van der Waals surface area contributed by atoms with Gasteiger partial charge in [0.25, 0.3) is 0 Å². The number of hydrogen-bond donors (Lipinski definition) is 0. The maximum Gasteiger partial charge on any atom is -0.0136 e. The lowest BCUT2D eigenvalue weighted by molar-refractivity contribution is 0.696. The van der Waals surface area contributed by atoms with Crippen LogP contribution >= 0.6 is 23.3 Å². The minimum atomic E-state index is -0.460. The smallest absolute Gasteiger partial charge is 0.0136 e. The average molecular weight is 353 g/mol. The van der Waals surface area contributed by atoms with Gasteiger partial charge < -0.3 is 0 Å². The number of rotatable bonds is 14. The van der Waals surface area contributed by atoms with Gasteiger partial charge in [-0.2, -0.15) is 8.46 Å². The molecule has 0 heterocycles. The van der Waals surface area contributed by atoms with Crippen LogP contribution in [0.3, 0.4) is 0 Å². The molecule has 0 nitrogen and oxygen atoms in total. The molecule has 0 amide bonds. The third-order valence-electron chi connectivity index (χ3n) is 3.84. The first-order valence-corrected chi connectivity index (χ1v) is 12.6. The lowest BCUT2D eigenvalue weighted by Gasteiger charge is -2.34. The van der Waals surface area contributed by atoms with Crippen LogP contribution in [0.5, 0.6) is 0 Å². The van der Waals surface area contributed by atoms with Crippen molar-refractivity contribution in [1.29, 1.82) is 0 Å². The Hall–Kier alpha value is 0.830. The Morgan fingerprint density at radius 1 is 0.526 bits per heavy atom. The highest BCUT2D eigenvalue weighted by molar-refractivity contribution is 9.58. The lowest BCUT2D eigenvalue weighted by atomic mass is 10.2. The van der Waals surface area contributed by atoms with E-state index in [9.17, 15) is 0 Å². The van der Waals surface area contributed by atoms with Crippen molar-refractivity contribution in [2.45, 2.75) is 91.4 Å². The summed E-state index contributed by atoms with van der Waals surface area (Å²) in [6.07, 6.45) is 15.6. The zero-order chi connectivity index (χ0) is 14.4. The Labute approximate surface area is 132 Å². The van der Waals surface area contributed by atoms with E-state index in [2.05, 4.69) is 35.6 Å². The highest BCUT2D eigenvalue weighted by Crippen LogP contribution is 2.57. The summed E-state index contributed by atoms with van der Waals surface area (Å²) in [5, 5.41) is 0. The summed E-state index contributed by atoms with van der Waals surface area (Å²) >= 11 is 4.20. The highest BCUT2D eigenvalue weighted by Gasteiger charge is 2.19. The van der Waals surface area contributed by atoms with E-state index < -0.39 is 8.46 Å². The molecule has 0 unspecified atom stereocenters. The van der Waals surface area contributed by atoms with Crippen molar-refractivity contribution in [3.05, 3.63) is 0 Å². The predicted octanol–water partition coefficient (Wildman–Crippen LogP) is 7.45.